The van der Waals surface area contributed by atoms with Crippen LogP contribution in [0.4, 0.5) is 5.69 Å². The molecule has 1 saturated heterocycles. The first kappa shape index (κ1) is 22.3. The lowest BCUT2D eigenvalue weighted by molar-refractivity contribution is -0.121. The quantitative estimate of drug-likeness (QED) is 0.585. The van der Waals surface area contributed by atoms with Gasteiger partial charge in [0.2, 0.25) is 5.91 Å². The van der Waals surface area contributed by atoms with E-state index in [-0.39, 0.29) is 17.7 Å². The number of amides is 2. The predicted octanol–water partition coefficient (Wildman–Crippen LogP) is 4.63. The first-order valence-electron chi connectivity index (χ1n) is 11.0. The number of hydrogen-bond acceptors (Lipinski definition) is 4. The van der Waals surface area contributed by atoms with Crippen LogP contribution in [0.25, 0.3) is 11.1 Å². The van der Waals surface area contributed by atoms with Crippen molar-refractivity contribution in [3.8, 4) is 11.1 Å². The Morgan fingerprint density at radius 3 is 1.97 bits per heavy atom. The van der Waals surface area contributed by atoms with Crippen molar-refractivity contribution >= 4 is 23.5 Å². The highest BCUT2D eigenvalue weighted by Crippen LogP contribution is 2.23. The number of benzene rings is 3. The number of methoxy groups -OCH3 is 1. The molecular formula is C27H26N2O4. The number of piperidine rings is 1. The lowest BCUT2D eigenvalue weighted by atomic mass is 9.95. The molecule has 3 aromatic rings. The lowest BCUT2D eigenvalue weighted by Crippen LogP contribution is -2.41. The van der Waals surface area contributed by atoms with Gasteiger partial charge in [-0.3, -0.25) is 9.59 Å². The zero-order valence-electron chi connectivity index (χ0n) is 18.5. The van der Waals surface area contributed by atoms with Crippen LogP contribution in [0, 0.1) is 5.92 Å². The smallest absolute Gasteiger partial charge is 0.337 e. The molecule has 6 heteroatoms. The molecule has 1 aliphatic rings. The molecule has 1 heterocycles. The number of nitrogens with one attached hydrogen (secondary N) is 1. The number of carbonyl (C=O) groups excluding carboxylic acids is 3. The first-order chi connectivity index (χ1) is 16.0. The van der Waals surface area contributed by atoms with Crippen molar-refractivity contribution in [2.75, 3.05) is 25.5 Å². The standard InChI is InChI=1S/C27H26N2O4/c1-33-27(32)23-11-13-24(14-12-23)28-25(30)21-15-17-29(18-16-21)26(31)22-9-7-20(8-10-22)19-5-3-2-4-6-19/h2-14,21H,15-18H2,1H3,(H,28,30). The monoisotopic (exact) mass is 442 g/mol. The third kappa shape index (κ3) is 5.29. The van der Waals surface area contributed by atoms with E-state index >= 15 is 0 Å². The maximum Gasteiger partial charge on any atom is 0.337 e. The molecule has 0 radical (unpaired) electrons. The Kier molecular flexibility index (Phi) is 6.83. The maximum absolute atomic E-state index is 12.9. The van der Waals surface area contributed by atoms with Crippen LogP contribution in [0.15, 0.2) is 78.9 Å². The Morgan fingerprint density at radius 2 is 1.36 bits per heavy atom. The summed E-state index contributed by atoms with van der Waals surface area (Å²) in [7, 11) is 1.33. The second-order valence-electron chi connectivity index (χ2n) is 8.07. The summed E-state index contributed by atoms with van der Waals surface area (Å²) in [5.41, 5.74) is 3.90. The van der Waals surface area contributed by atoms with Crippen molar-refractivity contribution in [3.63, 3.8) is 0 Å². The number of anilines is 1. The van der Waals surface area contributed by atoms with E-state index in [1.807, 2.05) is 59.5 Å². The van der Waals surface area contributed by atoms with Crippen LogP contribution in [0.3, 0.4) is 0 Å². The summed E-state index contributed by atoms with van der Waals surface area (Å²) >= 11 is 0. The Balaban J connectivity index is 1.30. The molecule has 6 nitrogen and oxygen atoms in total. The Morgan fingerprint density at radius 1 is 0.788 bits per heavy atom. The third-order valence-corrected chi connectivity index (χ3v) is 5.97. The minimum Gasteiger partial charge on any atom is -0.465 e. The molecule has 0 aromatic heterocycles. The largest absolute Gasteiger partial charge is 0.465 e. The summed E-state index contributed by atoms with van der Waals surface area (Å²) in [6, 6.07) is 24.3. The average Bonchev–Trinajstić information content (AvgIpc) is 2.89. The Labute approximate surface area is 193 Å². The van der Waals surface area contributed by atoms with Gasteiger partial charge in [-0.1, -0.05) is 42.5 Å². The van der Waals surface area contributed by atoms with Gasteiger partial charge in [0.15, 0.2) is 0 Å². The number of ether oxygens (including phenoxy) is 1. The van der Waals surface area contributed by atoms with Crippen LogP contribution in [-0.2, 0) is 9.53 Å². The highest BCUT2D eigenvalue weighted by Gasteiger charge is 2.28. The van der Waals surface area contributed by atoms with E-state index in [9.17, 15) is 14.4 Å². The average molecular weight is 443 g/mol. The summed E-state index contributed by atoms with van der Waals surface area (Å²) in [5.74, 6) is -0.651. The van der Waals surface area contributed by atoms with Crippen molar-refractivity contribution in [2.24, 2.45) is 5.92 Å². The molecule has 0 atom stereocenters. The third-order valence-electron chi connectivity index (χ3n) is 5.97. The van der Waals surface area contributed by atoms with Crippen molar-refractivity contribution in [3.05, 3.63) is 90.0 Å². The Hall–Kier alpha value is -3.93. The van der Waals surface area contributed by atoms with Gasteiger partial charge in [0.05, 0.1) is 12.7 Å². The fourth-order valence-corrected chi connectivity index (χ4v) is 4.02. The van der Waals surface area contributed by atoms with Gasteiger partial charge in [-0.15, -0.1) is 0 Å². The summed E-state index contributed by atoms with van der Waals surface area (Å²) in [5, 5.41) is 2.90. The number of esters is 1. The molecule has 33 heavy (non-hydrogen) atoms. The van der Waals surface area contributed by atoms with E-state index in [2.05, 4.69) is 10.1 Å². The highest BCUT2D eigenvalue weighted by atomic mass is 16.5. The van der Waals surface area contributed by atoms with Gasteiger partial charge in [-0.2, -0.15) is 0 Å². The molecule has 0 unspecified atom stereocenters. The summed E-state index contributed by atoms with van der Waals surface area (Å²) in [4.78, 5) is 38.9. The van der Waals surface area contributed by atoms with E-state index < -0.39 is 5.97 Å². The topological polar surface area (TPSA) is 75.7 Å². The second kappa shape index (κ2) is 10.1. The summed E-state index contributed by atoms with van der Waals surface area (Å²) in [6.07, 6.45) is 1.22. The van der Waals surface area contributed by atoms with Gasteiger partial charge < -0.3 is 15.0 Å². The van der Waals surface area contributed by atoms with Crippen molar-refractivity contribution in [1.82, 2.24) is 4.90 Å². The lowest BCUT2D eigenvalue weighted by Gasteiger charge is -2.31. The minimum absolute atomic E-state index is 0.00753. The van der Waals surface area contributed by atoms with Gasteiger partial charge in [-0.05, 0) is 60.4 Å². The highest BCUT2D eigenvalue weighted by molar-refractivity contribution is 5.96. The SMILES string of the molecule is COC(=O)c1ccc(NC(=O)C2CCN(C(=O)c3ccc(-c4ccccc4)cc3)CC2)cc1. The van der Waals surface area contributed by atoms with Gasteiger partial charge in [0.1, 0.15) is 0 Å². The van der Waals surface area contributed by atoms with Crippen LogP contribution < -0.4 is 5.32 Å². The zero-order valence-corrected chi connectivity index (χ0v) is 18.5. The predicted molar refractivity (Wildman–Crippen MR) is 127 cm³/mol. The summed E-state index contributed by atoms with van der Waals surface area (Å²) in [6.45, 7) is 1.08. The van der Waals surface area contributed by atoms with Crippen molar-refractivity contribution in [1.29, 1.82) is 0 Å². The molecule has 0 spiro atoms. The van der Waals surface area contributed by atoms with Crippen LogP contribution in [-0.4, -0.2) is 42.9 Å². The van der Waals surface area contributed by atoms with Crippen LogP contribution in [0.1, 0.15) is 33.6 Å². The van der Waals surface area contributed by atoms with Crippen LogP contribution in [0.2, 0.25) is 0 Å². The van der Waals surface area contributed by atoms with Crippen LogP contribution >= 0.6 is 0 Å². The van der Waals surface area contributed by atoms with E-state index in [0.717, 1.165) is 11.1 Å². The van der Waals surface area contributed by atoms with E-state index in [4.69, 9.17) is 0 Å². The number of likely N-dealkylation sites (tertiary alicyclic amines) is 1. The molecule has 1 aliphatic heterocycles. The maximum atomic E-state index is 12.9. The minimum atomic E-state index is -0.417. The molecule has 3 aromatic carbocycles. The van der Waals surface area contributed by atoms with Crippen molar-refractivity contribution in [2.45, 2.75) is 12.8 Å². The first-order valence-corrected chi connectivity index (χ1v) is 11.0. The van der Waals surface area contributed by atoms with Gasteiger partial charge in [-0.25, -0.2) is 4.79 Å². The van der Waals surface area contributed by atoms with E-state index in [0.29, 0.717) is 42.7 Å². The number of carbonyl (C=O) groups is 3. The molecule has 168 valence electrons. The van der Waals surface area contributed by atoms with Gasteiger partial charge >= 0.3 is 5.97 Å². The Bertz CT molecular complexity index is 1120. The van der Waals surface area contributed by atoms with Gasteiger partial charge in [0, 0.05) is 30.3 Å². The number of nitrogens with zero attached hydrogens (tertiary/aromatic N) is 1. The molecule has 1 N–H and O–H groups in total. The molecule has 1 fully saturated rings. The molecule has 4 rings (SSSR count). The van der Waals surface area contributed by atoms with E-state index in [1.165, 1.54) is 7.11 Å². The second-order valence-corrected chi connectivity index (χ2v) is 8.07. The molecular weight excluding hydrogens is 416 g/mol. The van der Waals surface area contributed by atoms with Crippen LogP contribution in [0.5, 0.6) is 0 Å². The molecule has 0 bridgehead atoms. The zero-order chi connectivity index (χ0) is 23.2. The van der Waals surface area contributed by atoms with Crippen molar-refractivity contribution < 1.29 is 19.1 Å². The van der Waals surface area contributed by atoms with Gasteiger partial charge in [0.25, 0.3) is 5.91 Å². The molecule has 0 aliphatic carbocycles. The number of rotatable bonds is 5. The fourth-order valence-electron chi connectivity index (χ4n) is 4.02. The fraction of sp³-hybridized carbons (Fsp3) is 0.222. The normalized spacial score (nSPS) is 13.9. The molecule has 2 amide bonds. The van der Waals surface area contributed by atoms with E-state index in [1.54, 1.807) is 24.3 Å². The number of hydrogen-bond donors (Lipinski definition) is 1. The molecule has 0 saturated carbocycles. The summed E-state index contributed by atoms with van der Waals surface area (Å²) < 4.78 is 4.68.